The van der Waals surface area contributed by atoms with Gasteiger partial charge in [-0.3, -0.25) is 4.79 Å². The fraction of sp³-hybridized carbons (Fsp3) is 0.143. The molecule has 0 radical (unpaired) electrons. The van der Waals surface area contributed by atoms with Crippen molar-refractivity contribution in [3.8, 4) is 6.07 Å². The molecule has 0 saturated carbocycles. The van der Waals surface area contributed by atoms with E-state index >= 15 is 0 Å². The van der Waals surface area contributed by atoms with Gasteiger partial charge in [-0.25, -0.2) is 0 Å². The third kappa shape index (κ3) is 3.19. The number of nitriles is 1. The lowest BCUT2D eigenvalue weighted by Gasteiger charge is -2.07. The van der Waals surface area contributed by atoms with Crippen LogP contribution >= 0.6 is 11.3 Å². The smallest absolute Gasteiger partial charge is 0.229 e. The Morgan fingerprint density at radius 1 is 1.32 bits per heavy atom. The minimum absolute atomic E-state index is 0.139. The van der Waals surface area contributed by atoms with E-state index in [0.717, 1.165) is 11.1 Å². The van der Waals surface area contributed by atoms with Gasteiger partial charge in [0.2, 0.25) is 5.91 Å². The van der Waals surface area contributed by atoms with E-state index in [0.29, 0.717) is 17.1 Å². The van der Waals surface area contributed by atoms with Gasteiger partial charge in [0.25, 0.3) is 0 Å². The predicted octanol–water partition coefficient (Wildman–Crippen LogP) is 2.26. The fourth-order valence-electron chi connectivity index (χ4n) is 1.77. The molecule has 5 heteroatoms. The number of hydrogen-bond donors (Lipinski definition) is 2. The maximum absolute atomic E-state index is 12.0. The number of carbonyl (C=O) groups excluding carboxylic acids is 1. The van der Waals surface area contributed by atoms with Gasteiger partial charge in [-0.05, 0) is 22.6 Å². The highest BCUT2D eigenvalue weighted by atomic mass is 32.1. The van der Waals surface area contributed by atoms with Crippen LogP contribution in [0.2, 0.25) is 0 Å². The second-order valence-corrected chi connectivity index (χ2v) is 4.89. The molecule has 0 bridgehead atoms. The molecule has 0 aliphatic carbocycles. The molecule has 96 valence electrons. The molecule has 0 aliphatic heterocycles. The van der Waals surface area contributed by atoms with Crippen molar-refractivity contribution < 1.29 is 4.79 Å². The summed E-state index contributed by atoms with van der Waals surface area (Å²) in [5.41, 5.74) is 8.00. The molecular weight excluding hydrogens is 258 g/mol. The highest BCUT2D eigenvalue weighted by Crippen LogP contribution is 2.22. The molecule has 2 aromatic rings. The number of benzene rings is 1. The number of carbonyl (C=O) groups is 1. The molecule has 0 atom stereocenters. The second kappa shape index (κ2) is 6.14. The summed E-state index contributed by atoms with van der Waals surface area (Å²) in [6, 6.07) is 11.3. The molecule has 2 rings (SSSR count). The predicted molar refractivity (Wildman–Crippen MR) is 75.7 cm³/mol. The number of rotatable bonds is 4. The Morgan fingerprint density at radius 2 is 2.05 bits per heavy atom. The number of anilines is 1. The summed E-state index contributed by atoms with van der Waals surface area (Å²) in [6.07, 6.45) is 0.260. The first-order valence-electron chi connectivity index (χ1n) is 5.79. The zero-order valence-electron chi connectivity index (χ0n) is 10.2. The van der Waals surface area contributed by atoms with Gasteiger partial charge in [-0.1, -0.05) is 24.3 Å². The van der Waals surface area contributed by atoms with Crippen molar-refractivity contribution in [2.75, 3.05) is 5.32 Å². The first-order chi connectivity index (χ1) is 9.24. The normalized spacial score (nSPS) is 9.89. The topological polar surface area (TPSA) is 78.9 Å². The molecule has 1 heterocycles. The maximum Gasteiger partial charge on any atom is 0.229 e. The Hall–Kier alpha value is -2.16. The van der Waals surface area contributed by atoms with E-state index in [1.165, 1.54) is 11.3 Å². The molecule has 0 aliphatic rings. The van der Waals surface area contributed by atoms with Gasteiger partial charge in [0.1, 0.15) is 11.1 Å². The monoisotopic (exact) mass is 271 g/mol. The van der Waals surface area contributed by atoms with Crippen molar-refractivity contribution in [1.29, 1.82) is 5.26 Å². The quantitative estimate of drug-likeness (QED) is 0.895. The highest BCUT2D eigenvalue weighted by molar-refractivity contribution is 7.14. The molecule has 1 aromatic heterocycles. The Balaban J connectivity index is 2.08. The summed E-state index contributed by atoms with van der Waals surface area (Å²) in [4.78, 5) is 12.0. The van der Waals surface area contributed by atoms with Crippen molar-refractivity contribution in [2.24, 2.45) is 5.73 Å². The summed E-state index contributed by atoms with van der Waals surface area (Å²) < 4.78 is 0. The number of hydrogen-bond acceptors (Lipinski definition) is 4. The summed E-state index contributed by atoms with van der Waals surface area (Å²) in [5, 5.41) is 14.0. The molecule has 1 aromatic carbocycles. The number of nitrogens with one attached hydrogen (secondary N) is 1. The van der Waals surface area contributed by atoms with Crippen LogP contribution in [0, 0.1) is 11.3 Å². The Morgan fingerprint density at radius 3 is 2.74 bits per heavy atom. The third-order valence-corrected chi connectivity index (χ3v) is 3.56. The van der Waals surface area contributed by atoms with Crippen molar-refractivity contribution >= 4 is 22.2 Å². The first-order valence-corrected chi connectivity index (χ1v) is 6.67. The van der Waals surface area contributed by atoms with E-state index in [9.17, 15) is 4.79 Å². The Labute approximate surface area is 115 Å². The van der Waals surface area contributed by atoms with E-state index in [-0.39, 0.29) is 12.3 Å². The van der Waals surface area contributed by atoms with Crippen LogP contribution in [0.5, 0.6) is 0 Å². The van der Waals surface area contributed by atoms with Crippen LogP contribution in [0.4, 0.5) is 5.00 Å². The zero-order chi connectivity index (χ0) is 13.7. The van der Waals surface area contributed by atoms with Crippen molar-refractivity contribution in [1.82, 2.24) is 0 Å². The molecule has 19 heavy (non-hydrogen) atoms. The van der Waals surface area contributed by atoms with Crippen LogP contribution in [-0.2, 0) is 17.8 Å². The lowest BCUT2D eigenvalue weighted by atomic mass is 10.0. The van der Waals surface area contributed by atoms with Crippen LogP contribution in [0.25, 0.3) is 0 Å². The van der Waals surface area contributed by atoms with E-state index in [1.54, 1.807) is 11.4 Å². The number of amides is 1. The maximum atomic E-state index is 12.0. The highest BCUT2D eigenvalue weighted by Gasteiger charge is 2.10. The van der Waals surface area contributed by atoms with Crippen LogP contribution in [0.15, 0.2) is 35.7 Å². The molecule has 1 amide bonds. The Bertz CT molecular complexity index is 628. The average Bonchev–Trinajstić information content (AvgIpc) is 2.86. The molecule has 0 unspecified atom stereocenters. The van der Waals surface area contributed by atoms with E-state index < -0.39 is 0 Å². The molecule has 0 saturated heterocycles. The van der Waals surface area contributed by atoms with Crippen LogP contribution in [0.3, 0.4) is 0 Å². The molecule has 3 N–H and O–H groups in total. The second-order valence-electron chi connectivity index (χ2n) is 3.97. The summed E-state index contributed by atoms with van der Waals surface area (Å²) in [6.45, 7) is 0.409. The molecular formula is C14H13N3OS. The SMILES string of the molecule is N#Cc1ccsc1NC(=O)Cc1ccccc1CN. The lowest BCUT2D eigenvalue weighted by Crippen LogP contribution is -2.16. The number of nitrogens with two attached hydrogens (primary N) is 1. The van der Waals surface area contributed by atoms with Gasteiger partial charge in [0, 0.05) is 6.54 Å². The summed E-state index contributed by atoms with van der Waals surface area (Å²) in [7, 11) is 0. The lowest BCUT2D eigenvalue weighted by molar-refractivity contribution is -0.115. The molecule has 0 fully saturated rings. The van der Waals surface area contributed by atoms with Crippen molar-refractivity contribution in [2.45, 2.75) is 13.0 Å². The molecule has 4 nitrogen and oxygen atoms in total. The first kappa shape index (κ1) is 13.3. The minimum atomic E-state index is -0.139. The van der Waals surface area contributed by atoms with Crippen LogP contribution < -0.4 is 11.1 Å². The van der Waals surface area contributed by atoms with Gasteiger partial charge in [0.15, 0.2) is 0 Å². The van der Waals surface area contributed by atoms with Gasteiger partial charge < -0.3 is 11.1 Å². The van der Waals surface area contributed by atoms with E-state index in [4.69, 9.17) is 11.0 Å². The summed E-state index contributed by atoms with van der Waals surface area (Å²) >= 11 is 1.34. The third-order valence-electron chi connectivity index (χ3n) is 2.73. The van der Waals surface area contributed by atoms with Crippen molar-refractivity contribution in [3.05, 3.63) is 52.4 Å². The summed E-state index contributed by atoms with van der Waals surface area (Å²) in [5.74, 6) is -0.139. The molecule has 0 spiro atoms. The zero-order valence-corrected chi connectivity index (χ0v) is 11.0. The Kier molecular flexibility index (Phi) is 4.29. The average molecular weight is 271 g/mol. The minimum Gasteiger partial charge on any atom is -0.326 e. The fourth-order valence-corrected chi connectivity index (χ4v) is 2.52. The van der Waals surface area contributed by atoms with Gasteiger partial charge in [0.05, 0.1) is 12.0 Å². The van der Waals surface area contributed by atoms with Gasteiger partial charge in [-0.15, -0.1) is 11.3 Å². The van der Waals surface area contributed by atoms with Crippen LogP contribution in [-0.4, -0.2) is 5.91 Å². The van der Waals surface area contributed by atoms with E-state index in [2.05, 4.69) is 5.32 Å². The van der Waals surface area contributed by atoms with Crippen LogP contribution in [0.1, 0.15) is 16.7 Å². The van der Waals surface area contributed by atoms with Gasteiger partial charge >= 0.3 is 0 Å². The van der Waals surface area contributed by atoms with E-state index in [1.807, 2.05) is 30.3 Å². The standard InChI is InChI=1S/C14H13N3OS/c15-8-11-4-2-1-3-10(11)7-13(18)17-14-12(9-16)5-6-19-14/h1-6H,7-8,15H2,(H,17,18). The number of nitrogens with zero attached hydrogens (tertiary/aromatic N) is 1. The van der Waals surface area contributed by atoms with Crippen molar-refractivity contribution in [3.63, 3.8) is 0 Å². The largest absolute Gasteiger partial charge is 0.326 e. The number of thiophene rings is 1. The van der Waals surface area contributed by atoms with Gasteiger partial charge in [-0.2, -0.15) is 5.26 Å².